The Kier molecular flexibility index (Phi) is 4.89. The summed E-state index contributed by atoms with van der Waals surface area (Å²) in [7, 11) is -1.74. The van der Waals surface area contributed by atoms with Crippen molar-refractivity contribution in [2.24, 2.45) is 4.99 Å². The molecule has 1 fully saturated rings. The Morgan fingerprint density at radius 2 is 1.88 bits per heavy atom. The Bertz CT molecular complexity index is 591. The van der Waals surface area contributed by atoms with Crippen molar-refractivity contribution < 1.29 is 4.43 Å². The molecule has 24 heavy (non-hydrogen) atoms. The molecule has 0 radical (unpaired) electrons. The van der Waals surface area contributed by atoms with E-state index in [-0.39, 0.29) is 5.04 Å². The molecule has 4 heteroatoms. The quantitative estimate of drug-likeness (QED) is 0.720. The second-order valence-electron chi connectivity index (χ2n) is 8.72. The van der Waals surface area contributed by atoms with Gasteiger partial charge < -0.3 is 9.33 Å². The fraction of sp³-hybridized carbons (Fsp3) is 0.650. The lowest BCUT2D eigenvalue weighted by Crippen LogP contribution is -2.44. The third-order valence-electron chi connectivity index (χ3n) is 5.90. The number of hydrogen-bond donors (Lipinski definition) is 0. The first-order valence-corrected chi connectivity index (χ1v) is 12.2. The van der Waals surface area contributed by atoms with Crippen LogP contribution in [0.5, 0.6) is 0 Å². The van der Waals surface area contributed by atoms with Crippen molar-refractivity contribution in [3.63, 3.8) is 0 Å². The summed E-state index contributed by atoms with van der Waals surface area (Å²) >= 11 is 0. The van der Waals surface area contributed by atoms with Gasteiger partial charge >= 0.3 is 0 Å². The van der Waals surface area contributed by atoms with Gasteiger partial charge in [0.05, 0.1) is 18.0 Å². The van der Waals surface area contributed by atoms with Crippen LogP contribution in [0.3, 0.4) is 0 Å². The van der Waals surface area contributed by atoms with Gasteiger partial charge in [-0.3, -0.25) is 4.99 Å². The van der Waals surface area contributed by atoms with Gasteiger partial charge in [0.25, 0.3) is 0 Å². The highest BCUT2D eigenvalue weighted by molar-refractivity contribution is 6.74. The minimum Gasteiger partial charge on any atom is -0.412 e. The van der Waals surface area contributed by atoms with Crippen LogP contribution in [0, 0.1) is 0 Å². The summed E-state index contributed by atoms with van der Waals surface area (Å²) in [6.07, 6.45) is 3.71. The lowest BCUT2D eigenvalue weighted by molar-refractivity contribution is 0.192. The maximum Gasteiger partial charge on any atom is 0.192 e. The summed E-state index contributed by atoms with van der Waals surface area (Å²) in [6, 6.07) is 11.3. The smallest absolute Gasteiger partial charge is 0.192 e. The summed E-state index contributed by atoms with van der Waals surface area (Å²) in [6.45, 7) is 13.7. The number of amidine groups is 1. The Hall–Kier alpha value is -1.13. The van der Waals surface area contributed by atoms with Gasteiger partial charge in [0, 0.05) is 19.5 Å². The standard InChI is InChI=1S/C20H32N2OSi/c1-20(2,3)24(4,5)23-17-14-18(16-10-7-6-8-11-16)22(15-17)19-12-9-13-21-19/h6-8,10-11,17-18H,9,12-15H2,1-5H3/t17-,18-/m1/s1. The molecule has 0 spiro atoms. The summed E-state index contributed by atoms with van der Waals surface area (Å²) < 4.78 is 6.75. The van der Waals surface area contributed by atoms with Crippen LogP contribution < -0.4 is 0 Å². The van der Waals surface area contributed by atoms with E-state index in [0.29, 0.717) is 12.1 Å². The van der Waals surface area contributed by atoms with Crippen molar-refractivity contribution in [2.45, 2.75) is 70.3 Å². The number of benzene rings is 1. The summed E-state index contributed by atoms with van der Waals surface area (Å²) in [5.74, 6) is 1.30. The van der Waals surface area contributed by atoms with Gasteiger partial charge in [0.15, 0.2) is 8.32 Å². The number of rotatable bonds is 3. The van der Waals surface area contributed by atoms with Crippen molar-refractivity contribution in [1.29, 1.82) is 0 Å². The molecule has 1 aromatic carbocycles. The number of hydrogen-bond acceptors (Lipinski definition) is 3. The van der Waals surface area contributed by atoms with Gasteiger partial charge in [-0.2, -0.15) is 0 Å². The van der Waals surface area contributed by atoms with Gasteiger partial charge in [-0.1, -0.05) is 51.1 Å². The normalized spacial score (nSPS) is 25.2. The van der Waals surface area contributed by atoms with E-state index >= 15 is 0 Å². The second kappa shape index (κ2) is 6.64. The molecule has 132 valence electrons. The van der Waals surface area contributed by atoms with Crippen LogP contribution in [0.2, 0.25) is 18.1 Å². The van der Waals surface area contributed by atoms with Gasteiger partial charge in [0.2, 0.25) is 0 Å². The predicted molar refractivity (Wildman–Crippen MR) is 104 cm³/mol. The summed E-state index contributed by atoms with van der Waals surface area (Å²) in [5.41, 5.74) is 1.40. The molecule has 2 aliphatic rings. The molecule has 1 aromatic rings. The second-order valence-corrected chi connectivity index (χ2v) is 13.5. The monoisotopic (exact) mass is 344 g/mol. The first-order valence-electron chi connectivity index (χ1n) is 9.31. The molecule has 0 bridgehead atoms. The molecule has 0 unspecified atom stereocenters. The van der Waals surface area contributed by atoms with E-state index in [9.17, 15) is 0 Å². The Morgan fingerprint density at radius 3 is 2.46 bits per heavy atom. The molecule has 3 rings (SSSR count). The molecule has 2 aliphatic heterocycles. The maximum atomic E-state index is 6.75. The van der Waals surface area contributed by atoms with Gasteiger partial charge in [-0.25, -0.2) is 0 Å². The van der Waals surface area contributed by atoms with Crippen LogP contribution in [-0.4, -0.2) is 38.2 Å². The van der Waals surface area contributed by atoms with Crippen molar-refractivity contribution in [1.82, 2.24) is 4.90 Å². The SMILES string of the molecule is CC(C)(C)[Si](C)(C)O[C@@H]1C[C@H](c2ccccc2)N(C2=NCCC2)C1. The molecule has 2 heterocycles. The fourth-order valence-electron chi connectivity index (χ4n) is 3.51. The predicted octanol–water partition coefficient (Wildman–Crippen LogP) is 5.02. The Balaban J connectivity index is 1.80. The first kappa shape index (κ1) is 17.7. The van der Waals surface area contributed by atoms with E-state index in [1.54, 1.807) is 0 Å². The zero-order valence-corrected chi connectivity index (χ0v) is 16.9. The lowest BCUT2D eigenvalue weighted by Gasteiger charge is -2.38. The number of likely N-dealkylation sites (tertiary alicyclic amines) is 1. The number of nitrogens with zero attached hydrogens (tertiary/aromatic N) is 2. The first-order chi connectivity index (χ1) is 11.3. The highest BCUT2D eigenvalue weighted by atomic mass is 28.4. The van der Waals surface area contributed by atoms with E-state index in [4.69, 9.17) is 9.42 Å². The summed E-state index contributed by atoms with van der Waals surface area (Å²) in [4.78, 5) is 7.30. The van der Waals surface area contributed by atoms with E-state index in [1.165, 1.54) is 17.8 Å². The van der Waals surface area contributed by atoms with Crippen LogP contribution in [0.15, 0.2) is 35.3 Å². The zero-order chi connectivity index (χ0) is 17.4. The number of aliphatic imine (C=N–C) groups is 1. The topological polar surface area (TPSA) is 24.8 Å². The van der Waals surface area contributed by atoms with Crippen LogP contribution in [-0.2, 0) is 4.43 Å². The molecule has 3 nitrogen and oxygen atoms in total. The minimum atomic E-state index is -1.74. The summed E-state index contributed by atoms with van der Waals surface area (Å²) in [5, 5.41) is 0.257. The van der Waals surface area contributed by atoms with E-state index in [0.717, 1.165) is 25.9 Å². The molecule has 2 atom stereocenters. The Labute approximate surface area is 148 Å². The largest absolute Gasteiger partial charge is 0.412 e. The highest BCUT2D eigenvalue weighted by Gasteiger charge is 2.43. The fourth-order valence-corrected chi connectivity index (χ4v) is 4.87. The lowest BCUT2D eigenvalue weighted by atomic mass is 10.0. The zero-order valence-electron chi connectivity index (χ0n) is 15.9. The van der Waals surface area contributed by atoms with Gasteiger partial charge in [-0.05, 0) is 36.5 Å². The molecule has 1 saturated heterocycles. The molecular formula is C20H32N2OSi. The third kappa shape index (κ3) is 3.59. The van der Waals surface area contributed by atoms with E-state index < -0.39 is 8.32 Å². The molecule has 0 amide bonds. The minimum absolute atomic E-state index is 0.257. The van der Waals surface area contributed by atoms with Crippen LogP contribution >= 0.6 is 0 Å². The molecular weight excluding hydrogens is 312 g/mol. The average Bonchev–Trinajstić information content (AvgIpc) is 3.15. The molecule has 0 aliphatic carbocycles. The van der Waals surface area contributed by atoms with Gasteiger partial charge in [-0.15, -0.1) is 0 Å². The van der Waals surface area contributed by atoms with Crippen LogP contribution in [0.1, 0.15) is 51.6 Å². The van der Waals surface area contributed by atoms with Crippen LogP contribution in [0.4, 0.5) is 0 Å². The molecule has 0 aromatic heterocycles. The van der Waals surface area contributed by atoms with Crippen LogP contribution in [0.25, 0.3) is 0 Å². The van der Waals surface area contributed by atoms with Crippen molar-refractivity contribution >= 4 is 14.2 Å². The maximum absolute atomic E-state index is 6.75. The highest BCUT2D eigenvalue weighted by Crippen LogP contribution is 2.41. The van der Waals surface area contributed by atoms with Crippen molar-refractivity contribution in [3.8, 4) is 0 Å². The third-order valence-corrected chi connectivity index (χ3v) is 10.4. The molecule has 0 N–H and O–H groups in total. The Morgan fingerprint density at radius 1 is 1.17 bits per heavy atom. The molecule has 0 saturated carbocycles. The average molecular weight is 345 g/mol. The van der Waals surface area contributed by atoms with Gasteiger partial charge in [0.1, 0.15) is 0 Å². The van der Waals surface area contributed by atoms with Crippen molar-refractivity contribution in [3.05, 3.63) is 35.9 Å². The van der Waals surface area contributed by atoms with E-state index in [1.807, 2.05) is 0 Å². The van der Waals surface area contributed by atoms with Crippen molar-refractivity contribution in [2.75, 3.05) is 13.1 Å². The van der Waals surface area contributed by atoms with E-state index in [2.05, 4.69) is 69.1 Å².